The highest BCUT2D eigenvalue weighted by molar-refractivity contribution is 5.95. The molecule has 3 nitrogen and oxygen atoms in total. The van der Waals surface area contributed by atoms with Crippen LogP contribution in [0.5, 0.6) is 0 Å². The average molecular weight is 245 g/mol. The Morgan fingerprint density at radius 2 is 1.89 bits per heavy atom. The summed E-state index contributed by atoms with van der Waals surface area (Å²) in [5, 5.41) is 0. The predicted octanol–water partition coefficient (Wildman–Crippen LogP) is 2.58. The number of esters is 1. The maximum atomic E-state index is 11.7. The van der Waals surface area contributed by atoms with Crippen molar-refractivity contribution in [1.82, 2.24) is 4.90 Å². The molecule has 1 aromatic carbocycles. The summed E-state index contributed by atoms with van der Waals surface area (Å²) in [6, 6.07) is 7.50. The Labute approximate surface area is 108 Å². The molecule has 1 fully saturated rings. The number of rotatable bonds is 4. The van der Waals surface area contributed by atoms with E-state index in [-0.39, 0.29) is 5.97 Å². The number of methoxy groups -OCH3 is 1. The summed E-state index contributed by atoms with van der Waals surface area (Å²) in [7, 11) is 1.41. The summed E-state index contributed by atoms with van der Waals surface area (Å²) in [6.45, 7) is 7.19. The zero-order valence-electron chi connectivity index (χ0n) is 10.8. The Morgan fingerprint density at radius 1 is 1.28 bits per heavy atom. The normalized spacial score (nSPS) is 15.6. The summed E-state index contributed by atoms with van der Waals surface area (Å²) in [5.74, 6) is -0.298. The number of ether oxygens (including phenoxy) is 1. The number of nitrogens with zero attached hydrogens (tertiary/aromatic N) is 1. The van der Waals surface area contributed by atoms with Crippen LogP contribution in [-0.2, 0) is 4.74 Å². The number of benzene rings is 1. The zero-order chi connectivity index (χ0) is 13.0. The molecule has 0 spiro atoms. The summed E-state index contributed by atoms with van der Waals surface area (Å²) < 4.78 is 4.80. The predicted molar refractivity (Wildman–Crippen MR) is 72.5 cm³/mol. The van der Waals surface area contributed by atoms with Crippen LogP contribution in [0.2, 0.25) is 0 Å². The minimum atomic E-state index is -0.298. The molecule has 1 aliphatic heterocycles. The molecule has 0 radical (unpaired) electrons. The molecule has 0 aliphatic carbocycles. The molecule has 18 heavy (non-hydrogen) atoms. The van der Waals surface area contributed by atoms with Crippen LogP contribution >= 0.6 is 0 Å². The lowest BCUT2D eigenvalue weighted by atomic mass is 10.0. The fourth-order valence-corrected chi connectivity index (χ4v) is 2.38. The van der Waals surface area contributed by atoms with Crippen molar-refractivity contribution in [3.8, 4) is 0 Å². The second kappa shape index (κ2) is 5.83. The molecule has 0 bridgehead atoms. The molecule has 0 amide bonds. The van der Waals surface area contributed by atoms with Gasteiger partial charge < -0.3 is 4.74 Å². The third kappa shape index (κ3) is 2.79. The fourth-order valence-electron chi connectivity index (χ4n) is 2.38. The van der Waals surface area contributed by atoms with E-state index in [1.54, 1.807) is 6.07 Å². The second-order valence-electron chi connectivity index (χ2n) is 4.62. The highest BCUT2D eigenvalue weighted by Gasteiger charge is 2.17. The van der Waals surface area contributed by atoms with Crippen molar-refractivity contribution in [2.24, 2.45) is 0 Å². The van der Waals surface area contributed by atoms with Crippen LogP contribution in [0.25, 0.3) is 5.57 Å². The van der Waals surface area contributed by atoms with Gasteiger partial charge in [-0.15, -0.1) is 0 Å². The van der Waals surface area contributed by atoms with E-state index in [1.807, 2.05) is 18.2 Å². The molecular weight excluding hydrogens is 226 g/mol. The van der Waals surface area contributed by atoms with E-state index in [2.05, 4.69) is 11.5 Å². The van der Waals surface area contributed by atoms with Crippen molar-refractivity contribution < 1.29 is 9.53 Å². The highest BCUT2D eigenvalue weighted by atomic mass is 16.5. The molecule has 0 unspecified atom stereocenters. The molecule has 0 saturated carbocycles. The van der Waals surface area contributed by atoms with Gasteiger partial charge in [-0.2, -0.15) is 0 Å². The van der Waals surface area contributed by atoms with Crippen LogP contribution in [0.4, 0.5) is 0 Å². The monoisotopic (exact) mass is 245 g/mol. The van der Waals surface area contributed by atoms with E-state index in [0.717, 1.165) is 30.8 Å². The number of likely N-dealkylation sites (tertiary alicyclic amines) is 1. The topological polar surface area (TPSA) is 29.5 Å². The Balaban J connectivity index is 2.16. The Kier molecular flexibility index (Phi) is 4.15. The second-order valence-corrected chi connectivity index (χ2v) is 4.62. The van der Waals surface area contributed by atoms with Crippen molar-refractivity contribution in [3.05, 3.63) is 42.0 Å². The van der Waals surface area contributed by atoms with Crippen LogP contribution < -0.4 is 0 Å². The van der Waals surface area contributed by atoms with Crippen molar-refractivity contribution in [1.29, 1.82) is 0 Å². The van der Waals surface area contributed by atoms with Crippen LogP contribution in [-0.4, -0.2) is 37.6 Å². The minimum absolute atomic E-state index is 0.298. The lowest BCUT2D eigenvalue weighted by Gasteiger charge is -2.18. The van der Waals surface area contributed by atoms with Crippen LogP contribution in [0.1, 0.15) is 28.8 Å². The van der Waals surface area contributed by atoms with E-state index in [4.69, 9.17) is 4.74 Å². The van der Waals surface area contributed by atoms with Gasteiger partial charge >= 0.3 is 5.97 Å². The lowest BCUT2D eigenvalue weighted by molar-refractivity contribution is 0.0600. The fraction of sp³-hybridized carbons (Fsp3) is 0.400. The minimum Gasteiger partial charge on any atom is -0.465 e. The molecule has 3 heteroatoms. The van der Waals surface area contributed by atoms with Gasteiger partial charge in [0.15, 0.2) is 0 Å². The molecule has 1 saturated heterocycles. The molecule has 0 N–H and O–H groups in total. The molecule has 2 rings (SSSR count). The number of hydrogen-bond acceptors (Lipinski definition) is 3. The first kappa shape index (κ1) is 12.8. The summed E-state index contributed by atoms with van der Waals surface area (Å²) in [6.07, 6.45) is 2.51. The summed E-state index contributed by atoms with van der Waals surface area (Å²) in [4.78, 5) is 14.1. The van der Waals surface area contributed by atoms with Crippen LogP contribution in [0.3, 0.4) is 0 Å². The first-order chi connectivity index (χ1) is 8.72. The molecule has 1 heterocycles. The average Bonchev–Trinajstić information content (AvgIpc) is 2.90. The van der Waals surface area contributed by atoms with Gasteiger partial charge in [-0.05, 0) is 43.1 Å². The van der Waals surface area contributed by atoms with Gasteiger partial charge in [-0.3, -0.25) is 4.90 Å². The first-order valence-corrected chi connectivity index (χ1v) is 6.30. The summed E-state index contributed by atoms with van der Waals surface area (Å²) >= 11 is 0. The van der Waals surface area contributed by atoms with Gasteiger partial charge in [0.05, 0.1) is 12.7 Å². The maximum Gasteiger partial charge on any atom is 0.338 e. The Hall–Kier alpha value is -1.61. The Morgan fingerprint density at radius 3 is 2.50 bits per heavy atom. The van der Waals surface area contributed by atoms with E-state index in [1.165, 1.54) is 20.0 Å². The molecular formula is C15H19NO2. The molecule has 1 aromatic rings. The third-order valence-electron chi connectivity index (χ3n) is 3.33. The largest absolute Gasteiger partial charge is 0.465 e. The van der Waals surface area contributed by atoms with Gasteiger partial charge in [-0.1, -0.05) is 24.8 Å². The molecule has 0 atom stereocenters. The van der Waals surface area contributed by atoms with Crippen LogP contribution in [0, 0.1) is 0 Å². The van der Waals surface area contributed by atoms with Crippen LogP contribution in [0.15, 0.2) is 30.8 Å². The zero-order valence-corrected chi connectivity index (χ0v) is 10.8. The number of carbonyl (C=O) groups excluding carboxylic acids is 1. The van der Waals surface area contributed by atoms with Crippen molar-refractivity contribution >= 4 is 11.5 Å². The standard InChI is InChI=1S/C15H19NO2/c1-12(11-16-9-5-6-10-16)13-7-3-4-8-14(13)15(17)18-2/h3-4,7-8H,1,5-6,9-11H2,2H3. The van der Waals surface area contributed by atoms with E-state index in [9.17, 15) is 4.79 Å². The van der Waals surface area contributed by atoms with Crippen molar-refractivity contribution in [3.63, 3.8) is 0 Å². The first-order valence-electron chi connectivity index (χ1n) is 6.30. The number of carbonyl (C=O) groups is 1. The van der Waals surface area contributed by atoms with Crippen molar-refractivity contribution in [2.75, 3.05) is 26.7 Å². The highest BCUT2D eigenvalue weighted by Crippen LogP contribution is 2.21. The van der Waals surface area contributed by atoms with Gasteiger partial charge in [0.25, 0.3) is 0 Å². The molecule has 1 aliphatic rings. The molecule has 0 aromatic heterocycles. The van der Waals surface area contributed by atoms with Gasteiger partial charge in [-0.25, -0.2) is 4.79 Å². The smallest absolute Gasteiger partial charge is 0.338 e. The van der Waals surface area contributed by atoms with Crippen molar-refractivity contribution in [2.45, 2.75) is 12.8 Å². The van der Waals surface area contributed by atoms with E-state index in [0.29, 0.717) is 5.56 Å². The van der Waals surface area contributed by atoms with Gasteiger partial charge in [0.1, 0.15) is 0 Å². The lowest BCUT2D eigenvalue weighted by Crippen LogP contribution is -2.21. The maximum absolute atomic E-state index is 11.7. The van der Waals surface area contributed by atoms with E-state index >= 15 is 0 Å². The SMILES string of the molecule is C=C(CN1CCCC1)c1ccccc1C(=O)OC. The van der Waals surface area contributed by atoms with Gasteiger partial charge in [0, 0.05) is 6.54 Å². The summed E-state index contributed by atoms with van der Waals surface area (Å²) in [5.41, 5.74) is 2.48. The molecule has 96 valence electrons. The quantitative estimate of drug-likeness (QED) is 0.764. The van der Waals surface area contributed by atoms with Gasteiger partial charge in [0.2, 0.25) is 0 Å². The Bertz CT molecular complexity index is 448. The third-order valence-corrected chi connectivity index (χ3v) is 3.33. The number of hydrogen-bond donors (Lipinski definition) is 0. The van der Waals surface area contributed by atoms with E-state index < -0.39 is 0 Å².